The summed E-state index contributed by atoms with van der Waals surface area (Å²) in [6, 6.07) is 2.83. The molecule has 0 aliphatic heterocycles. The predicted molar refractivity (Wildman–Crippen MR) is 84.7 cm³/mol. The molecule has 21 heavy (non-hydrogen) atoms. The van der Waals surface area contributed by atoms with Crippen LogP contribution in [0, 0.1) is 36.7 Å². The van der Waals surface area contributed by atoms with Crippen LogP contribution in [-0.2, 0) is 6.54 Å². The third-order valence-corrected chi connectivity index (χ3v) is 5.19. The van der Waals surface area contributed by atoms with Crippen molar-refractivity contribution in [3.63, 3.8) is 0 Å². The molecule has 1 aliphatic rings. The Kier molecular flexibility index (Phi) is 5.22. The topological polar surface area (TPSA) is 41.6 Å². The summed E-state index contributed by atoms with van der Waals surface area (Å²) in [7, 11) is 0. The molecule has 4 unspecified atom stereocenters. The molecule has 0 aromatic carbocycles. The summed E-state index contributed by atoms with van der Waals surface area (Å²) in [5.41, 5.74) is 1.42. The number of aromatic nitrogens is 2. The van der Waals surface area contributed by atoms with E-state index in [1.807, 2.05) is 6.20 Å². The van der Waals surface area contributed by atoms with Gasteiger partial charge in [-0.1, -0.05) is 38.8 Å². The first kappa shape index (κ1) is 15.8. The lowest BCUT2D eigenvalue weighted by Crippen LogP contribution is -2.38. The average Bonchev–Trinajstić information content (AvgIpc) is 2.91. The summed E-state index contributed by atoms with van der Waals surface area (Å²) in [4.78, 5) is 4.35. The first-order chi connectivity index (χ1) is 10.2. The molecule has 3 nitrogen and oxygen atoms in total. The number of allylic oxidation sites excluding steroid dienone is 2. The fourth-order valence-corrected chi connectivity index (χ4v) is 3.93. The van der Waals surface area contributed by atoms with Gasteiger partial charge in [0.15, 0.2) is 0 Å². The molecular weight excluding hydrogens is 258 g/mol. The Morgan fingerprint density at radius 3 is 2.48 bits per heavy atom. The lowest BCUT2D eigenvalue weighted by molar-refractivity contribution is -0.101. The summed E-state index contributed by atoms with van der Waals surface area (Å²) >= 11 is 0. The minimum Gasteiger partial charge on any atom is -0.335 e. The minimum absolute atomic E-state index is 0.205. The van der Waals surface area contributed by atoms with Crippen molar-refractivity contribution in [2.75, 3.05) is 0 Å². The van der Waals surface area contributed by atoms with Crippen molar-refractivity contribution in [3.8, 4) is 6.07 Å². The molecule has 0 bridgehead atoms. The van der Waals surface area contributed by atoms with E-state index in [9.17, 15) is 0 Å². The van der Waals surface area contributed by atoms with Gasteiger partial charge in [-0.3, -0.25) is 0 Å². The van der Waals surface area contributed by atoms with Crippen LogP contribution in [0.1, 0.15) is 45.9 Å². The van der Waals surface area contributed by atoms with Crippen molar-refractivity contribution in [3.05, 3.63) is 29.9 Å². The highest BCUT2D eigenvalue weighted by molar-refractivity contribution is 5.21. The van der Waals surface area contributed by atoms with E-state index in [1.54, 1.807) is 0 Å². The van der Waals surface area contributed by atoms with Gasteiger partial charge in [-0.25, -0.2) is 4.98 Å². The number of nitrogens with one attached hydrogen (secondary N) is 1. The summed E-state index contributed by atoms with van der Waals surface area (Å²) < 4.78 is 2.27. The molecule has 3 heteroatoms. The van der Waals surface area contributed by atoms with E-state index in [-0.39, 0.29) is 5.92 Å². The van der Waals surface area contributed by atoms with E-state index in [0.29, 0.717) is 17.8 Å². The maximum atomic E-state index is 7.76. The molecule has 1 N–H and O–H groups in total. The van der Waals surface area contributed by atoms with Gasteiger partial charge in [0.2, 0.25) is 0 Å². The zero-order valence-corrected chi connectivity index (χ0v) is 13.8. The summed E-state index contributed by atoms with van der Waals surface area (Å²) in [6.07, 6.45) is 9.73. The van der Waals surface area contributed by atoms with Crippen LogP contribution in [0.2, 0.25) is 0 Å². The third kappa shape index (κ3) is 3.05. The summed E-state index contributed by atoms with van der Waals surface area (Å²) in [6.45, 7) is 9.82. The molecule has 0 fully saturated rings. The monoisotopic (exact) mass is 286 g/mol. The van der Waals surface area contributed by atoms with Crippen LogP contribution in [0.25, 0.3) is 0 Å². The first-order valence-electron chi connectivity index (χ1n) is 8.26. The highest BCUT2D eigenvalue weighted by Crippen LogP contribution is 2.43. The smallest absolute Gasteiger partial charge is 0.278 e. The molecule has 1 aliphatic carbocycles. The van der Waals surface area contributed by atoms with Crippen molar-refractivity contribution in [1.29, 1.82) is 0 Å². The number of nitrogens with zero attached hydrogens (tertiary/aromatic N) is 2. The van der Waals surface area contributed by atoms with Crippen molar-refractivity contribution in [1.82, 2.24) is 9.55 Å². The van der Waals surface area contributed by atoms with Crippen molar-refractivity contribution in [2.45, 2.75) is 53.5 Å². The van der Waals surface area contributed by atoms with Gasteiger partial charge >= 0.3 is 0 Å². The standard InChI is InChI=1S/C18H27N3/c1-5-14-10-15(6-2)18(16(7-3)17(14)11-19)12-21-9-8-20-13(21)4/h8-10,15-18H,5-7,12H2,1-4H3/p+1. The maximum Gasteiger partial charge on any atom is 0.278 e. The second kappa shape index (κ2) is 6.93. The molecule has 1 aromatic rings. The molecule has 1 heterocycles. The summed E-state index contributed by atoms with van der Waals surface area (Å²) in [5, 5.41) is 7.76. The highest BCUT2D eigenvalue weighted by Gasteiger charge is 2.39. The molecule has 0 radical (unpaired) electrons. The second-order valence-electron chi connectivity index (χ2n) is 6.15. The van der Waals surface area contributed by atoms with Gasteiger partial charge in [0.25, 0.3) is 6.07 Å². The first-order valence-corrected chi connectivity index (χ1v) is 8.26. The normalized spacial score (nSPS) is 29.0. The zero-order chi connectivity index (χ0) is 15.4. The van der Waals surface area contributed by atoms with Crippen LogP contribution in [0.3, 0.4) is 0 Å². The SMILES string of the molecule is CCC1=CC(CC)C(Cn2ccnc2C)C(CC)C1C#[NH+]. The number of hydrogen-bond donors (Lipinski definition) is 1. The van der Waals surface area contributed by atoms with Crippen LogP contribution >= 0.6 is 0 Å². The van der Waals surface area contributed by atoms with E-state index < -0.39 is 0 Å². The Labute approximate surface area is 128 Å². The second-order valence-corrected chi connectivity index (χ2v) is 6.15. The predicted octanol–water partition coefficient (Wildman–Crippen LogP) is 2.60. The minimum atomic E-state index is 0.205. The van der Waals surface area contributed by atoms with E-state index in [0.717, 1.165) is 25.2 Å². The van der Waals surface area contributed by atoms with E-state index in [2.05, 4.69) is 55.6 Å². The Balaban J connectivity index is 2.34. The molecule has 0 amide bonds. The number of rotatable bonds is 5. The largest absolute Gasteiger partial charge is 0.335 e. The van der Waals surface area contributed by atoms with Crippen LogP contribution in [0.4, 0.5) is 0 Å². The lowest BCUT2D eigenvalue weighted by atomic mass is 9.65. The zero-order valence-electron chi connectivity index (χ0n) is 13.8. The average molecular weight is 286 g/mol. The highest BCUT2D eigenvalue weighted by atomic mass is 15.1. The van der Waals surface area contributed by atoms with Gasteiger partial charge in [0.05, 0.1) is 0 Å². The van der Waals surface area contributed by atoms with Gasteiger partial charge in [0.1, 0.15) is 11.7 Å². The molecule has 4 atom stereocenters. The quantitative estimate of drug-likeness (QED) is 0.831. The molecule has 114 valence electrons. The van der Waals surface area contributed by atoms with Crippen molar-refractivity contribution >= 4 is 0 Å². The van der Waals surface area contributed by atoms with Crippen LogP contribution in [0.5, 0.6) is 0 Å². The lowest BCUT2D eigenvalue weighted by Gasteiger charge is -2.39. The summed E-state index contributed by atoms with van der Waals surface area (Å²) in [5.74, 6) is 2.99. The van der Waals surface area contributed by atoms with Gasteiger partial charge in [-0.15, -0.1) is 5.26 Å². The van der Waals surface area contributed by atoms with Gasteiger partial charge in [-0.2, -0.15) is 0 Å². The molecular formula is C18H28N3+. The number of hydrogen-bond acceptors (Lipinski definition) is 1. The maximum absolute atomic E-state index is 7.76. The molecule has 2 rings (SSSR count). The van der Waals surface area contributed by atoms with Crippen LogP contribution in [-0.4, -0.2) is 9.55 Å². The van der Waals surface area contributed by atoms with Crippen molar-refractivity contribution in [2.24, 2.45) is 23.7 Å². The molecule has 1 aromatic heterocycles. The van der Waals surface area contributed by atoms with E-state index in [4.69, 9.17) is 5.26 Å². The van der Waals surface area contributed by atoms with Gasteiger partial charge in [-0.05, 0) is 37.5 Å². The van der Waals surface area contributed by atoms with Gasteiger partial charge < -0.3 is 4.57 Å². The van der Waals surface area contributed by atoms with E-state index >= 15 is 0 Å². The van der Waals surface area contributed by atoms with E-state index in [1.165, 1.54) is 12.0 Å². The molecule has 0 saturated carbocycles. The van der Waals surface area contributed by atoms with Crippen LogP contribution < -0.4 is 5.26 Å². The fraction of sp³-hybridized carbons (Fsp3) is 0.667. The Morgan fingerprint density at radius 1 is 1.24 bits per heavy atom. The van der Waals surface area contributed by atoms with Crippen LogP contribution in [0.15, 0.2) is 24.0 Å². The fourth-order valence-electron chi connectivity index (χ4n) is 3.93. The Morgan fingerprint density at radius 2 is 2.00 bits per heavy atom. The molecule has 0 spiro atoms. The third-order valence-electron chi connectivity index (χ3n) is 5.19. The Bertz CT molecular complexity index is 535. The molecule has 0 saturated heterocycles. The number of imidazole rings is 1. The Hall–Kier alpha value is -1.56. The number of aryl methyl sites for hydroxylation is 1. The van der Waals surface area contributed by atoms with Gasteiger partial charge in [0, 0.05) is 18.9 Å². The van der Waals surface area contributed by atoms with Crippen molar-refractivity contribution < 1.29 is 5.26 Å².